The Morgan fingerprint density at radius 2 is 2.04 bits per heavy atom. The fourth-order valence-electron chi connectivity index (χ4n) is 3.48. The van der Waals surface area contributed by atoms with E-state index in [9.17, 15) is 14.0 Å². The molecule has 5 nitrogen and oxygen atoms in total. The van der Waals surface area contributed by atoms with Crippen molar-refractivity contribution in [2.24, 2.45) is 11.7 Å². The molecule has 0 aliphatic heterocycles. The molecule has 3 atom stereocenters. The van der Waals surface area contributed by atoms with Crippen molar-refractivity contribution in [2.45, 2.75) is 51.0 Å². The maximum atomic E-state index is 14.0. The van der Waals surface area contributed by atoms with Gasteiger partial charge in [-0.15, -0.1) is 0 Å². The summed E-state index contributed by atoms with van der Waals surface area (Å²) in [6, 6.07) is 3.24. The average Bonchev–Trinajstić information content (AvgIpc) is 2.58. The van der Waals surface area contributed by atoms with Crippen molar-refractivity contribution in [1.29, 1.82) is 0 Å². The number of benzene rings is 1. The van der Waals surface area contributed by atoms with E-state index < -0.39 is 23.7 Å². The van der Waals surface area contributed by atoms with Crippen LogP contribution in [0.2, 0.25) is 0 Å². The number of carboxylic acid groups (broad SMARTS) is 1. The van der Waals surface area contributed by atoms with Crippen molar-refractivity contribution in [2.75, 3.05) is 6.54 Å². The Kier molecular flexibility index (Phi) is 6.31. The van der Waals surface area contributed by atoms with E-state index in [4.69, 9.17) is 10.8 Å². The topological polar surface area (TPSA) is 92.4 Å². The van der Waals surface area contributed by atoms with Crippen LogP contribution >= 0.6 is 0 Å². The predicted octanol–water partition coefficient (Wildman–Crippen LogP) is 2.65. The molecule has 1 aromatic carbocycles. The molecule has 1 aliphatic rings. The lowest BCUT2D eigenvalue weighted by atomic mass is 9.74. The molecule has 132 valence electrons. The van der Waals surface area contributed by atoms with E-state index in [1.54, 1.807) is 6.07 Å². The van der Waals surface area contributed by atoms with Gasteiger partial charge in [0.1, 0.15) is 11.9 Å². The van der Waals surface area contributed by atoms with E-state index in [0.717, 1.165) is 31.2 Å². The Hall–Kier alpha value is -1.95. The molecule has 0 saturated heterocycles. The van der Waals surface area contributed by atoms with Gasteiger partial charge in [0.05, 0.1) is 0 Å². The Bertz CT molecular complexity index is 606. The lowest BCUT2D eigenvalue weighted by Crippen LogP contribution is -2.42. The van der Waals surface area contributed by atoms with Crippen molar-refractivity contribution < 1.29 is 19.1 Å². The number of nitrogens with one attached hydrogen (secondary N) is 1. The second kappa shape index (κ2) is 8.24. The zero-order chi connectivity index (χ0) is 17.7. The van der Waals surface area contributed by atoms with Gasteiger partial charge < -0.3 is 16.2 Å². The first-order valence-electron chi connectivity index (χ1n) is 8.49. The minimum atomic E-state index is -1.19. The number of hydrogen-bond acceptors (Lipinski definition) is 3. The molecule has 1 saturated carbocycles. The van der Waals surface area contributed by atoms with Gasteiger partial charge in [-0.3, -0.25) is 9.59 Å². The lowest BCUT2D eigenvalue weighted by molar-refractivity contribution is -0.138. The summed E-state index contributed by atoms with van der Waals surface area (Å²) >= 11 is 0. The minimum absolute atomic E-state index is 0.193. The van der Waals surface area contributed by atoms with Gasteiger partial charge in [-0.1, -0.05) is 26.2 Å². The van der Waals surface area contributed by atoms with Gasteiger partial charge >= 0.3 is 5.97 Å². The third-order valence-corrected chi connectivity index (χ3v) is 4.84. The van der Waals surface area contributed by atoms with Gasteiger partial charge in [0.15, 0.2) is 0 Å². The first kappa shape index (κ1) is 18.4. The third-order valence-electron chi connectivity index (χ3n) is 4.84. The van der Waals surface area contributed by atoms with Crippen LogP contribution in [0.15, 0.2) is 18.2 Å². The zero-order valence-corrected chi connectivity index (χ0v) is 13.9. The second-order valence-electron chi connectivity index (χ2n) is 6.49. The van der Waals surface area contributed by atoms with E-state index in [2.05, 4.69) is 12.2 Å². The van der Waals surface area contributed by atoms with E-state index in [1.165, 1.54) is 18.6 Å². The fourth-order valence-corrected chi connectivity index (χ4v) is 3.48. The van der Waals surface area contributed by atoms with E-state index in [0.29, 0.717) is 5.92 Å². The van der Waals surface area contributed by atoms with Gasteiger partial charge in [-0.05, 0) is 48.4 Å². The number of halogens is 1. The number of hydrogen-bond donors (Lipinski definition) is 3. The van der Waals surface area contributed by atoms with Crippen molar-refractivity contribution in [3.63, 3.8) is 0 Å². The van der Waals surface area contributed by atoms with Gasteiger partial charge in [-0.2, -0.15) is 0 Å². The molecule has 1 amide bonds. The average molecular weight is 336 g/mol. The minimum Gasteiger partial charge on any atom is -0.480 e. The van der Waals surface area contributed by atoms with Gasteiger partial charge in [-0.25, -0.2) is 4.39 Å². The van der Waals surface area contributed by atoms with Crippen LogP contribution in [-0.4, -0.2) is 29.6 Å². The third kappa shape index (κ3) is 4.54. The second-order valence-corrected chi connectivity index (χ2v) is 6.49. The summed E-state index contributed by atoms with van der Waals surface area (Å²) in [5, 5.41) is 11.2. The SMILES string of the molecule is CC[C@@H]1CCCC[C@@H]1c1cc(F)cc(C(=O)NC[C@@H](N)C(=O)O)c1. The number of carbonyl (C=O) groups is 2. The summed E-state index contributed by atoms with van der Waals surface area (Å²) in [5.74, 6) is -1.36. The van der Waals surface area contributed by atoms with Crippen molar-refractivity contribution >= 4 is 11.9 Å². The van der Waals surface area contributed by atoms with Crippen LogP contribution in [0.25, 0.3) is 0 Å². The molecule has 1 aromatic rings. The molecule has 4 N–H and O–H groups in total. The van der Waals surface area contributed by atoms with Crippen LogP contribution in [0.1, 0.15) is 60.9 Å². The highest BCUT2D eigenvalue weighted by atomic mass is 19.1. The maximum Gasteiger partial charge on any atom is 0.322 e. The monoisotopic (exact) mass is 336 g/mol. The number of carboxylic acids is 1. The highest BCUT2D eigenvalue weighted by molar-refractivity contribution is 5.94. The fraction of sp³-hybridized carbons (Fsp3) is 0.556. The van der Waals surface area contributed by atoms with E-state index in [1.807, 2.05) is 0 Å². The summed E-state index contributed by atoms with van der Waals surface area (Å²) in [7, 11) is 0. The molecular formula is C18H25FN2O3. The highest BCUT2D eigenvalue weighted by Gasteiger charge is 2.26. The quantitative estimate of drug-likeness (QED) is 0.744. The van der Waals surface area contributed by atoms with Gasteiger partial charge in [0.25, 0.3) is 5.91 Å². The molecule has 24 heavy (non-hydrogen) atoms. The predicted molar refractivity (Wildman–Crippen MR) is 89.3 cm³/mol. The standard InChI is InChI=1S/C18H25FN2O3/c1-2-11-5-3-4-6-15(11)12-7-13(9-14(19)8-12)17(22)21-10-16(20)18(23)24/h7-9,11,15-16H,2-6,10,20H2,1H3,(H,21,22)(H,23,24)/t11-,15+,16-/m1/s1. The Labute approximate surface area is 141 Å². The normalized spacial score (nSPS) is 22.0. The molecule has 0 unspecified atom stereocenters. The zero-order valence-electron chi connectivity index (χ0n) is 13.9. The number of amides is 1. The van der Waals surface area contributed by atoms with Crippen LogP contribution in [0.3, 0.4) is 0 Å². The molecule has 1 fully saturated rings. The van der Waals surface area contributed by atoms with Crippen LogP contribution in [0.4, 0.5) is 4.39 Å². The van der Waals surface area contributed by atoms with Crippen LogP contribution in [-0.2, 0) is 4.79 Å². The molecule has 1 aliphatic carbocycles. The van der Waals surface area contributed by atoms with Gasteiger partial charge in [0.2, 0.25) is 0 Å². The summed E-state index contributed by atoms with van der Waals surface area (Å²) in [4.78, 5) is 22.9. The van der Waals surface area contributed by atoms with Crippen molar-refractivity contribution in [1.82, 2.24) is 5.32 Å². The summed E-state index contributed by atoms with van der Waals surface area (Å²) in [6.07, 6.45) is 5.49. The van der Waals surface area contributed by atoms with Gasteiger partial charge in [0, 0.05) is 12.1 Å². The smallest absolute Gasteiger partial charge is 0.322 e. The molecule has 0 aromatic heterocycles. The lowest BCUT2D eigenvalue weighted by Gasteiger charge is -2.31. The molecule has 2 rings (SSSR count). The summed E-state index contributed by atoms with van der Waals surface area (Å²) in [5.41, 5.74) is 6.43. The largest absolute Gasteiger partial charge is 0.480 e. The number of carbonyl (C=O) groups excluding carboxylic acids is 1. The van der Waals surface area contributed by atoms with Crippen LogP contribution in [0.5, 0.6) is 0 Å². The molecule has 0 bridgehead atoms. The Morgan fingerprint density at radius 3 is 2.71 bits per heavy atom. The van der Waals surface area contributed by atoms with E-state index >= 15 is 0 Å². The Balaban J connectivity index is 2.15. The Morgan fingerprint density at radius 1 is 1.33 bits per heavy atom. The summed E-state index contributed by atoms with van der Waals surface area (Å²) in [6.45, 7) is 1.95. The first-order chi connectivity index (χ1) is 11.4. The first-order valence-corrected chi connectivity index (χ1v) is 8.49. The molecule has 0 heterocycles. The number of rotatable bonds is 6. The summed E-state index contributed by atoms with van der Waals surface area (Å²) < 4.78 is 14.0. The highest BCUT2D eigenvalue weighted by Crippen LogP contribution is 2.39. The number of aliphatic carboxylic acids is 1. The van der Waals surface area contributed by atoms with Crippen molar-refractivity contribution in [3.8, 4) is 0 Å². The molecule has 6 heteroatoms. The maximum absolute atomic E-state index is 14.0. The molecule has 0 radical (unpaired) electrons. The van der Waals surface area contributed by atoms with Crippen molar-refractivity contribution in [3.05, 3.63) is 35.1 Å². The molecular weight excluding hydrogens is 311 g/mol. The number of nitrogens with two attached hydrogens (primary N) is 1. The van der Waals surface area contributed by atoms with Crippen LogP contribution < -0.4 is 11.1 Å². The van der Waals surface area contributed by atoms with E-state index in [-0.39, 0.29) is 18.0 Å². The molecule has 0 spiro atoms. The van der Waals surface area contributed by atoms with Crippen LogP contribution in [0, 0.1) is 11.7 Å².